The van der Waals surface area contributed by atoms with Crippen molar-refractivity contribution < 1.29 is 14.4 Å². The normalized spacial score (nSPS) is 10.8. The fourth-order valence-electron chi connectivity index (χ4n) is 3.07. The lowest BCUT2D eigenvalue weighted by atomic mass is 9.99. The van der Waals surface area contributed by atoms with Crippen LogP contribution in [-0.4, -0.2) is 10.3 Å². The lowest BCUT2D eigenvalue weighted by Crippen LogP contribution is -1.96. The second-order valence-corrected chi connectivity index (χ2v) is 6.80. The summed E-state index contributed by atoms with van der Waals surface area (Å²) in [6, 6.07) is 22.5. The zero-order valence-corrected chi connectivity index (χ0v) is 16.0. The van der Waals surface area contributed by atoms with Gasteiger partial charge in [-0.15, -0.1) is 0 Å². The maximum absolute atomic E-state index is 10.6. The van der Waals surface area contributed by atoms with E-state index in [1.165, 1.54) is 0 Å². The number of rotatable bonds is 5. The van der Waals surface area contributed by atoms with E-state index in [1.54, 1.807) is 18.2 Å². The third kappa shape index (κ3) is 3.59. The molecule has 0 spiro atoms. The minimum Gasteiger partial charge on any atom is -0.507 e. The van der Waals surface area contributed by atoms with Crippen molar-refractivity contribution in [3.8, 4) is 33.9 Å². The molecule has 0 bridgehead atoms. The predicted molar refractivity (Wildman–Crippen MR) is 110 cm³/mol. The molecule has 0 amide bonds. The number of halogens is 1. The number of nitrogens with zero attached hydrogens (tertiary/aromatic N) is 1. The van der Waals surface area contributed by atoms with Crippen LogP contribution >= 0.6 is 11.6 Å². The van der Waals surface area contributed by atoms with Crippen LogP contribution < -0.4 is 4.74 Å². The number of aromatic hydroxyl groups is 1. The summed E-state index contributed by atoms with van der Waals surface area (Å²) in [4.78, 5) is 0. The Morgan fingerprint density at radius 2 is 1.75 bits per heavy atom. The Bertz CT molecular complexity index is 1110. The summed E-state index contributed by atoms with van der Waals surface area (Å²) in [6.45, 7) is 2.20. The van der Waals surface area contributed by atoms with Crippen LogP contribution in [0.25, 0.3) is 22.5 Å². The topological polar surface area (TPSA) is 55.5 Å². The molecule has 0 aliphatic carbocycles. The average molecular weight is 392 g/mol. The standard InChI is InChI=1S/C23H18ClNO3/c1-15-22(16-7-3-2-4-8-16)23(28-25-15)19-12-11-18(13-21(19)26)27-14-17-9-5-6-10-20(17)24/h2-13,26H,14H2,1H3. The first kappa shape index (κ1) is 18.1. The van der Waals surface area contributed by atoms with Gasteiger partial charge in [0, 0.05) is 16.7 Å². The number of hydrogen-bond acceptors (Lipinski definition) is 4. The Balaban J connectivity index is 1.62. The first-order valence-electron chi connectivity index (χ1n) is 8.85. The third-order valence-corrected chi connectivity index (χ3v) is 4.86. The van der Waals surface area contributed by atoms with Crippen molar-refractivity contribution in [3.63, 3.8) is 0 Å². The third-order valence-electron chi connectivity index (χ3n) is 4.49. The van der Waals surface area contributed by atoms with Crippen LogP contribution in [0.4, 0.5) is 0 Å². The van der Waals surface area contributed by atoms with Crippen molar-refractivity contribution in [2.24, 2.45) is 0 Å². The second-order valence-electron chi connectivity index (χ2n) is 6.40. The van der Waals surface area contributed by atoms with E-state index in [-0.39, 0.29) is 5.75 Å². The Morgan fingerprint density at radius 3 is 2.50 bits per heavy atom. The molecular formula is C23H18ClNO3. The largest absolute Gasteiger partial charge is 0.507 e. The van der Waals surface area contributed by atoms with Gasteiger partial charge in [0.25, 0.3) is 0 Å². The van der Waals surface area contributed by atoms with Gasteiger partial charge in [-0.2, -0.15) is 0 Å². The van der Waals surface area contributed by atoms with Crippen LogP contribution in [0.15, 0.2) is 77.3 Å². The Labute approximate surface area is 168 Å². The van der Waals surface area contributed by atoms with Gasteiger partial charge in [-0.25, -0.2) is 0 Å². The van der Waals surface area contributed by atoms with E-state index in [2.05, 4.69) is 5.16 Å². The summed E-state index contributed by atoms with van der Waals surface area (Å²) in [5.74, 6) is 1.13. The quantitative estimate of drug-likeness (QED) is 0.436. The highest BCUT2D eigenvalue weighted by Crippen LogP contribution is 2.40. The van der Waals surface area contributed by atoms with Crippen LogP contribution in [0.1, 0.15) is 11.3 Å². The molecule has 140 valence electrons. The van der Waals surface area contributed by atoms with Crippen molar-refractivity contribution in [1.29, 1.82) is 0 Å². The van der Waals surface area contributed by atoms with Crippen molar-refractivity contribution in [2.75, 3.05) is 0 Å². The molecule has 0 saturated carbocycles. The van der Waals surface area contributed by atoms with Crippen molar-refractivity contribution in [3.05, 3.63) is 89.1 Å². The highest BCUT2D eigenvalue weighted by atomic mass is 35.5. The fourth-order valence-corrected chi connectivity index (χ4v) is 3.26. The van der Waals surface area contributed by atoms with Gasteiger partial charge in [0.05, 0.1) is 16.8 Å². The molecular weight excluding hydrogens is 374 g/mol. The van der Waals surface area contributed by atoms with Gasteiger partial charge in [0.2, 0.25) is 0 Å². The molecule has 0 aliphatic heterocycles. The van der Waals surface area contributed by atoms with Crippen LogP contribution in [-0.2, 0) is 6.61 Å². The number of aryl methyl sites for hydroxylation is 1. The lowest BCUT2D eigenvalue weighted by Gasteiger charge is -2.10. The van der Waals surface area contributed by atoms with Gasteiger partial charge < -0.3 is 14.4 Å². The van der Waals surface area contributed by atoms with Crippen molar-refractivity contribution >= 4 is 11.6 Å². The van der Waals surface area contributed by atoms with Crippen molar-refractivity contribution in [2.45, 2.75) is 13.5 Å². The summed E-state index contributed by atoms with van der Waals surface area (Å²) in [6.07, 6.45) is 0. The van der Waals surface area contributed by atoms with E-state index >= 15 is 0 Å². The molecule has 4 nitrogen and oxygen atoms in total. The first-order chi connectivity index (χ1) is 13.6. The molecule has 0 saturated heterocycles. The fraction of sp³-hybridized carbons (Fsp3) is 0.0870. The summed E-state index contributed by atoms with van der Waals surface area (Å²) >= 11 is 6.16. The zero-order chi connectivity index (χ0) is 19.5. The van der Waals surface area contributed by atoms with E-state index in [9.17, 15) is 5.11 Å². The number of phenolic OH excluding ortho intramolecular Hbond substituents is 1. The minimum atomic E-state index is 0.0602. The van der Waals surface area contributed by atoms with E-state index in [0.717, 1.165) is 22.4 Å². The molecule has 1 N–H and O–H groups in total. The molecule has 3 aromatic carbocycles. The molecule has 28 heavy (non-hydrogen) atoms. The molecule has 0 fully saturated rings. The number of ether oxygens (including phenoxy) is 1. The SMILES string of the molecule is Cc1noc(-c2ccc(OCc3ccccc3Cl)cc2O)c1-c1ccccc1. The molecule has 1 heterocycles. The number of aromatic nitrogens is 1. The van der Waals surface area contributed by atoms with E-state index < -0.39 is 0 Å². The number of phenols is 1. The lowest BCUT2D eigenvalue weighted by molar-refractivity contribution is 0.304. The van der Waals surface area contributed by atoms with Gasteiger partial charge in [-0.1, -0.05) is 65.3 Å². The summed E-state index contributed by atoms with van der Waals surface area (Å²) in [5.41, 5.74) is 4.05. The highest BCUT2D eigenvalue weighted by Gasteiger charge is 2.19. The van der Waals surface area contributed by atoms with Gasteiger partial charge in [-0.3, -0.25) is 0 Å². The van der Waals surface area contributed by atoms with E-state index in [1.807, 2.05) is 61.5 Å². The molecule has 0 atom stereocenters. The Morgan fingerprint density at radius 1 is 1.00 bits per heavy atom. The van der Waals surface area contributed by atoms with Crippen LogP contribution in [0.3, 0.4) is 0 Å². The van der Waals surface area contributed by atoms with E-state index in [4.69, 9.17) is 20.9 Å². The van der Waals surface area contributed by atoms with Gasteiger partial charge in [0.15, 0.2) is 5.76 Å². The molecule has 0 aliphatic rings. The zero-order valence-electron chi connectivity index (χ0n) is 15.2. The highest BCUT2D eigenvalue weighted by molar-refractivity contribution is 6.31. The maximum Gasteiger partial charge on any atom is 0.178 e. The minimum absolute atomic E-state index is 0.0602. The molecule has 1 aromatic heterocycles. The maximum atomic E-state index is 10.6. The van der Waals surface area contributed by atoms with Crippen LogP contribution in [0.5, 0.6) is 11.5 Å². The smallest absolute Gasteiger partial charge is 0.178 e. The number of hydrogen-bond donors (Lipinski definition) is 1. The van der Waals surface area contributed by atoms with Gasteiger partial charge in [0.1, 0.15) is 18.1 Å². The van der Waals surface area contributed by atoms with Gasteiger partial charge >= 0.3 is 0 Å². The monoisotopic (exact) mass is 391 g/mol. The molecule has 4 aromatic rings. The second kappa shape index (κ2) is 7.79. The molecule has 5 heteroatoms. The molecule has 0 radical (unpaired) electrons. The first-order valence-corrected chi connectivity index (χ1v) is 9.22. The van der Waals surface area contributed by atoms with Crippen LogP contribution in [0.2, 0.25) is 5.02 Å². The van der Waals surface area contributed by atoms with Crippen LogP contribution in [0, 0.1) is 6.92 Å². The Hall–Kier alpha value is -3.24. The molecule has 4 rings (SSSR count). The summed E-state index contributed by atoms with van der Waals surface area (Å²) in [5, 5.41) is 15.3. The van der Waals surface area contributed by atoms with Crippen molar-refractivity contribution in [1.82, 2.24) is 5.16 Å². The molecule has 0 unspecified atom stereocenters. The summed E-state index contributed by atoms with van der Waals surface area (Å²) < 4.78 is 11.3. The summed E-state index contributed by atoms with van der Waals surface area (Å²) in [7, 11) is 0. The van der Waals surface area contributed by atoms with E-state index in [0.29, 0.717) is 28.7 Å². The van der Waals surface area contributed by atoms with Gasteiger partial charge in [-0.05, 0) is 30.7 Å². The average Bonchev–Trinajstić information content (AvgIpc) is 3.09. The Kier molecular flexibility index (Phi) is 5.04. The predicted octanol–water partition coefficient (Wildman–Crippen LogP) is 6.26. The number of benzene rings is 3.